The normalized spacial score (nSPS) is 14.9. The van der Waals surface area contributed by atoms with Crippen molar-refractivity contribution < 1.29 is 15.3 Å². The fourth-order valence-electron chi connectivity index (χ4n) is 1.68. The number of rotatable bonds is 3. The topological polar surface area (TPSA) is 73.6 Å². The molecule has 1 aromatic carbocycles. The van der Waals surface area contributed by atoms with Gasteiger partial charge in [-0.15, -0.1) is 0 Å². The van der Waals surface area contributed by atoms with Gasteiger partial charge in [0.05, 0.1) is 6.61 Å². The van der Waals surface area contributed by atoms with Gasteiger partial charge >= 0.3 is 0 Å². The maximum atomic E-state index is 9.84. The van der Waals surface area contributed by atoms with E-state index in [1.807, 2.05) is 24.3 Å². The Labute approximate surface area is 92.8 Å². The molecule has 0 bridgehead atoms. The van der Waals surface area contributed by atoms with Crippen LogP contribution >= 0.6 is 0 Å². The second-order valence-corrected chi connectivity index (χ2v) is 3.64. The summed E-state index contributed by atoms with van der Waals surface area (Å²) < 4.78 is 0. The monoisotopic (exact) mass is 219 g/mol. The Morgan fingerprint density at radius 3 is 2.62 bits per heavy atom. The fraction of sp³-hybridized carbons (Fsp3) is 0.250. The Hall–Kier alpha value is -1.49. The van der Waals surface area contributed by atoms with Crippen molar-refractivity contribution in [1.82, 2.24) is 4.98 Å². The zero-order valence-electron chi connectivity index (χ0n) is 8.61. The molecule has 2 aromatic rings. The molecule has 0 saturated carbocycles. The molecule has 0 aliphatic heterocycles. The molecule has 4 nitrogen and oxygen atoms in total. The van der Waals surface area contributed by atoms with Crippen molar-refractivity contribution in [3.05, 3.63) is 42.2 Å². The number of nitrogens with zero attached hydrogens (tertiary/aromatic N) is 1. The molecule has 0 fully saturated rings. The summed E-state index contributed by atoms with van der Waals surface area (Å²) in [4.78, 5) is 4.00. The van der Waals surface area contributed by atoms with E-state index in [4.69, 9.17) is 5.11 Å². The maximum Gasteiger partial charge on any atom is 0.109 e. The number of hydrogen-bond donors (Lipinski definition) is 3. The van der Waals surface area contributed by atoms with Crippen LogP contribution in [0.25, 0.3) is 10.8 Å². The molecule has 1 heterocycles. The molecule has 0 aliphatic rings. The van der Waals surface area contributed by atoms with Gasteiger partial charge < -0.3 is 15.3 Å². The van der Waals surface area contributed by atoms with Gasteiger partial charge in [0.25, 0.3) is 0 Å². The zero-order chi connectivity index (χ0) is 11.5. The number of pyridine rings is 1. The Balaban J connectivity index is 2.52. The molecular weight excluding hydrogens is 206 g/mol. The molecule has 4 heteroatoms. The van der Waals surface area contributed by atoms with Crippen LogP contribution in [0.5, 0.6) is 0 Å². The van der Waals surface area contributed by atoms with Crippen LogP contribution in [0.1, 0.15) is 11.7 Å². The Kier molecular flexibility index (Phi) is 3.14. The summed E-state index contributed by atoms with van der Waals surface area (Å²) in [6, 6.07) is 7.45. The smallest absolute Gasteiger partial charge is 0.109 e. The van der Waals surface area contributed by atoms with E-state index in [1.165, 1.54) is 6.20 Å². The first-order valence-corrected chi connectivity index (χ1v) is 5.03. The molecule has 2 atom stereocenters. The van der Waals surface area contributed by atoms with Crippen molar-refractivity contribution in [1.29, 1.82) is 0 Å². The minimum atomic E-state index is -1.19. The summed E-state index contributed by atoms with van der Waals surface area (Å²) in [5.41, 5.74) is 0.527. The van der Waals surface area contributed by atoms with Crippen LogP contribution in [0.3, 0.4) is 0 Å². The van der Waals surface area contributed by atoms with Crippen LogP contribution in [0.4, 0.5) is 0 Å². The van der Waals surface area contributed by atoms with Crippen LogP contribution < -0.4 is 0 Å². The van der Waals surface area contributed by atoms with Gasteiger partial charge in [0.15, 0.2) is 0 Å². The third-order valence-corrected chi connectivity index (χ3v) is 2.57. The van der Waals surface area contributed by atoms with Gasteiger partial charge in [-0.05, 0) is 5.39 Å². The van der Waals surface area contributed by atoms with Gasteiger partial charge in [0.1, 0.15) is 12.2 Å². The van der Waals surface area contributed by atoms with Gasteiger partial charge in [-0.2, -0.15) is 0 Å². The van der Waals surface area contributed by atoms with Gasteiger partial charge in [-0.25, -0.2) is 0 Å². The minimum absolute atomic E-state index is 0.482. The third-order valence-electron chi connectivity index (χ3n) is 2.57. The van der Waals surface area contributed by atoms with Crippen molar-refractivity contribution in [2.24, 2.45) is 0 Å². The molecule has 0 radical (unpaired) electrons. The third kappa shape index (κ3) is 1.90. The minimum Gasteiger partial charge on any atom is -0.394 e. The molecule has 3 N–H and O–H groups in total. The van der Waals surface area contributed by atoms with Gasteiger partial charge in [0, 0.05) is 23.3 Å². The predicted molar refractivity (Wildman–Crippen MR) is 59.8 cm³/mol. The van der Waals surface area contributed by atoms with E-state index in [2.05, 4.69) is 4.98 Å². The number of fused-ring (bicyclic) bond motifs is 1. The summed E-state index contributed by atoms with van der Waals surface area (Å²) >= 11 is 0. The predicted octanol–water partition coefficient (Wildman–Crippen LogP) is 0.621. The SMILES string of the molecule is OCC(O)C(O)c1cncc2ccccc12. The highest BCUT2D eigenvalue weighted by atomic mass is 16.4. The lowest BCUT2D eigenvalue weighted by molar-refractivity contribution is -0.0147. The Bertz CT molecular complexity index is 481. The summed E-state index contributed by atoms with van der Waals surface area (Å²) in [5.74, 6) is 0. The van der Waals surface area contributed by atoms with Crippen LogP contribution in [-0.2, 0) is 0 Å². The number of benzene rings is 1. The number of aromatic nitrogens is 1. The fourth-order valence-corrected chi connectivity index (χ4v) is 1.68. The summed E-state index contributed by atoms with van der Waals surface area (Å²) in [6.07, 6.45) is 0.888. The van der Waals surface area contributed by atoms with Gasteiger partial charge in [-0.3, -0.25) is 4.98 Å². The van der Waals surface area contributed by atoms with E-state index in [1.54, 1.807) is 6.20 Å². The van der Waals surface area contributed by atoms with Crippen LogP contribution in [0, 0.1) is 0 Å². The highest BCUT2D eigenvalue weighted by Crippen LogP contribution is 2.24. The summed E-state index contributed by atoms with van der Waals surface area (Å²) in [7, 11) is 0. The number of aliphatic hydroxyl groups excluding tert-OH is 3. The second-order valence-electron chi connectivity index (χ2n) is 3.64. The summed E-state index contributed by atoms with van der Waals surface area (Å²) in [5, 5.41) is 29.8. The van der Waals surface area contributed by atoms with E-state index < -0.39 is 18.8 Å². The van der Waals surface area contributed by atoms with Crippen molar-refractivity contribution in [2.75, 3.05) is 6.61 Å². The molecule has 16 heavy (non-hydrogen) atoms. The van der Waals surface area contributed by atoms with E-state index in [0.29, 0.717) is 5.56 Å². The highest BCUT2D eigenvalue weighted by Gasteiger charge is 2.19. The lowest BCUT2D eigenvalue weighted by Crippen LogP contribution is -2.22. The lowest BCUT2D eigenvalue weighted by Gasteiger charge is -2.17. The van der Waals surface area contributed by atoms with Crippen molar-refractivity contribution in [3.8, 4) is 0 Å². The van der Waals surface area contributed by atoms with Crippen molar-refractivity contribution in [2.45, 2.75) is 12.2 Å². The first-order valence-electron chi connectivity index (χ1n) is 5.03. The Morgan fingerprint density at radius 1 is 1.12 bits per heavy atom. The molecule has 0 spiro atoms. The van der Waals surface area contributed by atoms with E-state index in [-0.39, 0.29) is 0 Å². The molecule has 0 amide bonds. The van der Waals surface area contributed by atoms with Crippen molar-refractivity contribution >= 4 is 10.8 Å². The number of aliphatic hydroxyl groups is 3. The molecule has 0 saturated heterocycles. The first kappa shape index (κ1) is 11.0. The lowest BCUT2D eigenvalue weighted by atomic mass is 10.0. The van der Waals surface area contributed by atoms with E-state index in [0.717, 1.165) is 10.8 Å². The van der Waals surface area contributed by atoms with E-state index in [9.17, 15) is 10.2 Å². The van der Waals surface area contributed by atoms with Crippen LogP contribution in [0.2, 0.25) is 0 Å². The average Bonchev–Trinajstić information content (AvgIpc) is 2.36. The van der Waals surface area contributed by atoms with Crippen LogP contribution in [-0.4, -0.2) is 33.0 Å². The second kappa shape index (κ2) is 4.57. The van der Waals surface area contributed by atoms with Crippen molar-refractivity contribution in [3.63, 3.8) is 0 Å². The Morgan fingerprint density at radius 2 is 1.88 bits per heavy atom. The average molecular weight is 219 g/mol. The maximum absolute atomic E-state index is 9.84. The molecule has 84 valence electrons. The standard InChI is InChI=1S/C12H13NO3/c14-7-11(15)12(16)10-6-13-5-8-3-1-2-4-9(8)10/h1-6,11-12,14-16H,7H2. The van der Waals surface area contributed by atoms with Crippen LogP contribution in [0.15, 0.2) is 36.7 Å². The molecule has 1 aromatic heterocycles. The molecule has 0 aliphatic carbocycles. The van der Waals surface area contributed by atoms with E-state index >= 15 is 0 Å². The highest BCUT2D eigenvalue weighted by molar-refractivity contribution is 5.84. The molecule has 2 rings (SSSR count). The largest absolute Gasteiger partial charge is 0.394 e. The van der Waals surface area contributed by atoms with Gasteiger partial charge in [-0.1, -0.05) is 24.3 Å². The van der Waals surface area contributed by atoms with Gasteiger partial charge in [0.2, 0.25) is 0 Å². The quantitative estimate of drug-likeness (QED) is 0.707. The first-order chi connectivity index (χ1) is 7.74. The zero-order valence-corrected chi connectivity index (χ0v) is 8.61. The molecular formula is C12H13NO3. The summed E-state index contributed by atoms with van der Waals surface area (Å²) in [6.45, 7) is -0.482. The number of hydrogen-bond acceptors (Lipinski definition) is 4. The molecule has 2 unspecified atom stereocenters.